The first-order chi connectivity index (χ1) is 10.2. The molecule has 0 unspecified atom stereocenters. The van der Waals surface area contributed by atoms with E-state index in [-0.39, 0.29) is 5.56 Å². The van der Waals surface area contributed by atoms with Crippen LogP contribution in [0.1, 0.15) is 51.0 Å². The van der Waals surface area contributed by atoms with E-state index < -0.39 is 0 Å². The second-order valence-electron chi connectivity index (χ2n) is 5.66. The van der Waals surface area contributed by atoms with Crippen molar-refractivity contribution in [2.75, 3.05) is 0 Å². The Morgan fingerprint density at radius 3 is 2.76 bits per heavy atom. The number of aromatic nitrogens is 1. The number of hydrogen-bond donors (Lipinski definition) is 2. The molecule has 0 atom stereocenters. The third-order valence-corrected chi connectivity index (χ3v) is 4.07. The normalized spacial score (nSPS) is 17.5. The van der Waals surface area contributed by atoms with Crippen molar-refractivity contribution < 1.29 is 0 Å². The first kappa shape index (κ1) is 15.6. The molecule has 0 amide bonds. The van der Waals surface area contributed by atoms with Gasteiger partial charge in [0.05, 0.1) is 6.54 Å². The highest BCUT2D eigenvalue weighted by atomic mass is 16.1. The topological polar surface area (TPSA) is 72.4 Å². The molecule has 1 aromatic rings. The van der Waals surface area contributed by atoms with Gasteiger partial charge in [-0.1, -0.05) is 31.7 Å². The lowest BCUT2D eigenvalue weighted by Gasteiger charge is -2.16. The SMILES string of the molecule is CCn1cccc(CN=C(N)NC2CCCCCC2)c1=O. The Balaban J connectivity index is 1.95. The van der Waals surface area contributed by atoms with E-state index in [1.54, 1.807) is 10.8 Å². The monoisotopic (exact) mass is 290 g/mol. The van der Waals surface area contributed by atoms with Crippen LogP contribution in [0.4, 0.5) is 0 Å². The average Bonchev–Trinajstić information content (AvgIpc) is 2.75. The van der Waals surface area contributed by atoms with E-state index in [1.807, 2.05) is 19.1 Å². The highest BCUT2D eigenvalue weighted by molar-refractivity contribution is 5.78. The Kier molecular flexibility index (Phi) is 5.84. The molecule has 21 heavy (non-hydrogen) atoms. The number of rotatable bonds is 4. The minimum Gasteiger partial charge on any atom is -0.370 e. The van der Waals surface area contributed by atoms with Crippen LogP contribution in [0.5, 0.6) is 0 Å². The number of nitrogens with one attached hydrogen (secondary N) is 1. The van der Waals surface area contributed by atoms with E-state index in [2.05, 4.69) is 10.3 Å². The molecule has 1 aromatic heterocycles. The quantitative estimate of drug-likeness (QED) is 0.506. The summed E-state index contributed by atoms with van der Waals surface area (Å²) in [6.07, 6.45) is 9.25. The molecule has 0 saturated heterocycles. The largest absolute Gasteiger partial charge is 0.370 e. The molecule has 0 bridgehead atoms. The zero-order valence-electron chi connectivity index (χ0n) is 12.8. The number of nitrogens with zero attached hydrogens (tertiary/aromatic N) is 2. The molecule has 1 fully saturated rings. The fourth-order valence-electron chi connectivity index (χ4n) is 2.80. The molecular formula is C16H26N4O. The van der Waals surface area contributed by atoms with Gasteiger partial charge in [0.2, 0.25) is 0 Å². The fraction of sp³-hybridized carbons (Fsp3) is 0.625. The van der Waals surface area contributed by atoms with E-state index in [4.69, 9.17) is 5.73 Å². The number of aliphatic imine (C=N–C) groups is 1. The van der Waals surface area contributed by atoms with Gasteiger partial charge in [0.25, 0.3) is 5.56 Å². The molecule has 3 N–H and O–H groups in total. The summed E-state index contributed by atoms with van der Waals surface area (Å²) in [4.78, 5) is 16.4. The lowest BCUT2D eigenvalue weighted by atomic mass is 10.1. The van der Waals surface area contributed by atoms with Gasteiger partial charge >= 0.3 is 0 Å². The van der Waals surface area contributed by atoms with Crippen LogP contribution in [0.2, 0.25) is 0 Å². The van der Waals surface area contributed by atoms with Crippen LogP contribution < -0.4 is 16.6 Å². The molecule has 5 heteroatoms. The van der Waals surface area contributed by atoms with Crippen molar-refractivity contribution >= 4 is 5.96 Å². The van der Waals surface area contributed by atoms with E-state index >= 15 is 0 Å². The Hall–Kier alpha value is -1.78. The molecule has 1 heterocycles. The minimum atomic E-state index is 0.0195. The van der Waals surface area contributed by atoms with Gasteiger partial charge in [0.1, 0.15) is 0 Å². The van der Waals surface area contributed by atoms with Gasteiger partial charge in [0.15, 0.2) is 5.96 Å². The van der Waals surface area contributed by atoms with Crippen LogP contribution in [0.3, 0.4) is 0 Å². The van der Waals surface area contributed by atoms with Crippen molar-refractivity contribution in [3.05, 3.63) is 34.2 Å². The van der Waals surface area contributed by atoms with E-state index in [0.717, 1.165) is 12.8 Å². The standard InChI is InChI=1S/C16H26N4O/c1-2-20-11-7-8-13(15(20)21)12-18-16(17)19-14-9-5-3-4-6-10-14/h7-8,11,14H,2-6,9-10,12H2,1H3,(H3,17,18,19). The summed E-state index contributed by atoms with van der Waals surface area (Å²) in [6.45, 7) is 2.97. The Labute approximate surface area is 126 Å². The Morgan fingerprint density at radius 2 is 2.10 bits per heavy atom. The van der Waals surface area contributed by atoms with Crippen LogP contribution >= 0.6 is 0 Å². The van der Waals surface area contributed by atoms with Gasteiger partial charge in [-0.2, -0.15) is 0 Å². The summed E-state index contributed by atoms with van der Waals surface area (Å²) in [5.41, 5.74) is 6.66. The number of aryl methyl sites for hydroxylation is 1. The first-order valence-electron chi connectivity index (χ1n) is 7.95. The maximum atomic E-state index is 12.1. The molecule has 5 nitrogen and oxygen atoms in total. The molecular weight excluding hydrogens is 264 g/mol. The van der Waals surface area contributed by atoms with Crippen molar-refractivity contribution in [1.29, 1.82) is 0 Å². The number of hydrogen-bond acceptors (Lipinski definition) is 2. The molecule has 2 rings (SSSR count). The first-order valence-corrected chi connectivity index (χ1v) is 7.95. The number of guanidine groups is 1. The summed E-state index contributed by atoms with van der Waals surface area (Å²) in [7, 11) is 0. The van der Waals surface area contributed by atoms with E-state index in [1.165, 1.54) is 25.7 Å². The maximum absolute atomic E-state index is 12.1. The summed E-state index contributed by atoms with van der Waals surface area (Å²) in [5, 5.41) is 3.30. The van der Waals surface area contributed by atoms with Gasteiger partial charge in [-0.15, -0.1) is 0 Å². The van der Waals surface area contributed by atoms with E-state index in [9.17, 15) is 4.79 Å². The fourth-order valence-corrected chi connectivity index (χ4v) is 2.80. The highest BCUT2D eigenvalue weighted by Gasteiger charge is 2.12. The highest BCUT2D eigenvalue weighted by Crippen LogP contribution is 2.16. The molecule has 1 aliphatic carbocycles. The summed E-state index contributed by atoms with van der Waals surface area (Å²) in [6, 6.07) is 4.13. The molecule has 0 radical (unpaired) electrons. The number of nitrogens with two attached hydrogens (primary N) is 1. The van der Waals surface area contributed by atoms with Gasteiger partial charge in [-0.05, 0) is 25.8 Å². The predicted molar refractivity (Wildman–Crippen MR) is 86.3 cm³/mol. The molecule has 0 spiro atoms. The Bertz CT molecular complexity index is 527. The summed E-state index contributed by atoms with van der Waals surface area (Å²) in [5.74, 6) is 0.452. The summed E-state index contributed by atoms with van der Waals surface area (Å²) < 4.78 is 1.68. The van der Waals surface area contributed by atoms with Crippen molar-refractivity contribution in [3.63, 3.8) is 0 Å². The smallest absolute Gasteiger partial charge is 0.255 e. The van der Waals surface area contributed by atoms with Crippen LogP contribution in [0.15, 0.2) is 28.1 Å². The second kappa shape index (κ2) is 7.86. The van der Waals surface area contributed by atoms with Crippen molar-refractivity contribution in [2.24, 2.45) is 10.7 Å². The predicted octanol–water partition coefficient (Wildman–Crippen LogP) is 2.00. The third-order valence-electron chi connectivity index (χ3n) is 4.07. The molecule has 1 saturated carbocycles. The third kappa shape index (κ3) is 4.62. The van der Waals surface area contributed by atoms with Gasteiger partial charge < -0.3 is 15.6 Å². The van der Waals surface area contributed by atoms with E-state index in [0.29, 0.717) is 30.7 Å². The lowest BCUT2D eigenvalue weighted by molar-refractivity contribution is 0.530. The second-order valence-corrected chi connectivity index (χ2v) is 5.66. The molecule has 1 aliphatic rings. The Morgan fingerprint density at radius 1 is 1.38 bits per heavy atom. The van der Waals surface area contributed by atoms with Crippen LogP contribution in [-0.2, 0) is 13.1 Å². The van der Waals surface area contributed by atoms with Crippen molar-refractivity contribution in [3.8, 4) is 0 Å². The zero-order chi connectivity index (χ0) is 15.1. The summed E-state index contributed by atoms with van der Waals surface area (Å²) >= 11 is 0. The molecule has 116 valence electrons. The van der Waals surface area contributed by atoms with Gasteiger partial charge in [-0.25, -0.2) is 4.99 Å². The van der Waals surface area contributed by atoms with Gasteiger partial charge in [-0.3, -0.25) is 4.79 Å². The number of pyridine rings is 1. The molecule has 0 aliphatic heterocycles. The lowest BCUT2D eigenvalue weighted by Crippen LogP contribution is -2.40. The average molecular weight is 290 g/mol. The minimum absolute atomic E-state index is 0.0195. The zero-order valence-corrected chi connectivity index (χ0v) is 12.8. The van der Waals surface area contributed by atoms with Crippen molar-refractivity contribution in [1.82, 2.24) is 9.88 Å². The van der Waals surface area contributed by atoms with Crippen LogP contribution in [0, 0.1) is 0 Å². The maximum Gasteiger partial charge on any atom is 0.255 e. The van der Waals surface area contributed by atoms with Gasteiger partial charge in [0, 0.05) is 24.3 Å². The van der Waals surface area contributed by atoms with Crippen LogP contribution in [0.25, 0.3) is 0 Å². The van der Waals surface area contributed by atoms with Crippen molar-refractivity contribution in [2.45, 2.75) is 64.6 Å². The van der Waals surface area contributed by atoms with Crippen LogP contribution in [-0.4, -0.2) is 16.6 Å². The molecule has 0 aromatic carbocycles.